The van der Waals surface area contributed by atoms with Crippen molar-refractivity contribution in [2.75, 3.05) is 26.2 Å². The van der Waals surface area contributed by atoms with Gasteiger partial charge in [-0.05, 0) is 66.1 Å². The topological polar surface area (TPSA) is 175 Å². The van der Waals surface area contributed by atoms with Gasteiger partial charge in [-0.15, -0.1) is 6.58 Å². The van der Waals surface area contributed by atoms with Crippen LogP contribution >= 0.6 is 0 Å². The summed E-state index contributed by atoms with van der Waals surface area (Å²) in [4.78, 5) is 82.9. The van der Waals surface area contributed by atoms with E-state index in [2.05, 4.69) is 47.0 Å². The molecule has 4 fully saturated rings. The number of ether oxygens (including phenoxy) is 1. The van der Waals surface area contributed by atoms with Crippen LogP contribution in [0.5, 0.6) is 0 Å². The fourth-order valence-electron chi connectivity index (χ4n) is 9.05. The molecule has 13 heteroatoms. The maximum absolute atomic E-state index is 14.8. The third-order valence-electron chi connectivity index (χ3n) is 12.8. The van der Waals surface area contributed by atoms with Gasteiger partial charge in [0.2, 0.25) is 17.6 Å². The normalized spacial score (nSPS) is 24.8. The number of fused-ring (bicyclic) bond motifs is 1. The molecule has 1 aliphatic heterocycles. The number of urea groups is 1. The van der Waals surface area contributed by atoms with Gasteiger partial charge in [0, 0.05) is 19.6 Å². The number of hydrogen-bond acceptors (Lipinski definition) is 7. The molecule has 1 unspecified atom stereocenters. The van der Waals surface area contributed by atoms with E-state index in [4.69, 9.17) is 4.74 Å². The van der Waals surface area contributed by atoms with Gasteiger partial charge < -0.3 is 36.2 Å². The highest BCUT2D eigenvalue weighted by atomic mass is 16.5. The zero-order chi connectivity index (χ0) is 39.8. The van der Waals surface area contributed by atoms with Crippen LogP contribution in [0.2, 0.25) is 0 Å². The first kappa shape index (κ1) is 43.1. The summed E-state index contributed by atoms with van der Waals surface area (Å²) in [6, 6.07) is -3.92. The molecule has 5 N–H and O–H groups in total. The number of amides is 6. The van der Waals surface area contributed by atoms with Crippen LogP contribution in [0.3, 0.4) is 0 Å². The highest BCUT2D eigenvalue weighted by Crippen LogP contribution is 2.65. The Morgan fingerprint density at radius 1 is 0.907 bits per heavy atom. The molecule has 3 aliphatic carbocycles. The molecule has 0 aromatic heterocycles. The van der Waals surface area contributed by atoms with Crippen molar-refractivity contribution in [1.29, 1.82) is 0 Å². The van der Waals surface area contributed by atoms with E-state index in [9.17, 15) is 28.8 Å². The summed E-state index contributed by atoms with van der Waals surface area (Å²) in [5.74, 6) is -1.92. The highest BCUT2D eigenvalue weighted by molar-refractivity contribution is 6.38. The second kappa shape index (κ2) is 18.3. The van der Waals surface area contributed by atoms with Crippen LogP contribution in [0.4, 0.5) is 9.59 Å². The Kier molecular flexibility index (Phi) is 14.6. The number of Topliss-reactive ketones (excluding diaryl/α,β-unsaturated/α-hetero) is 1. The summed E-state index contributed by atoms with van der Waals surface area (Å²) in [5, 5.41) is 14.3. The largest absolute Gasteiger partial charge is 0.447 e. The van der Waals surface area contributed by atoms with Gasteiger partial charge >= 0.3 is 12.1 Å². The molecule has 3 saturated carbocycles. The van der Waals surface area contributed by atoms with E-state index in [0.29, 0.717) is 25.4 Å². The number of nitrogens with one attached hydrogen (secondary N) is 5. The van der Waals surface area contributed by atoms with Crippen molar-refractivity contribution in [3.8, 4) is 0 Å². The van der Waals surface area contributed by atoms with Crippen LogP contribution in [0.25, 0.3) is 0 Å². The quantitative estimate of drug-likeness (QED) is 0.109. The summed E-state index contributed by atoms with van der Waals surface area (Å²) >= 11 is 0. The zero-order valence-corrected chi connectivity index (χ0v) is 33.9. The number of rotatable bonds is 16. The summed E-state index contributed by atoms with van der Waals surface area (Å²) in [7, 11) is 0. The number of piperidine rings is 1. The molecule has 0 spiro atoms. The van der Waals surface area contributed by atoms with E-state index in [0.717, 1.165) is 44.9 Å². The molecule has 0 aromatic carbocycles. The van der Waals surface area contributed by atoms with E-state index in [1.807, 2.05) is 34.6 Å². The summed E-state index contributed by atoms with van der Waals surface area (Å²) in [6.45, 7) is 18.5. The second-order valence-corrected chi connectivity index (χ2v) is 18.3. The fourth-order valence-corrected chi connectivity index (χ4v) is 9.05. The molecule has 13 nitrogen and oxygen atoms in total. The predicted octanol–water partition coefficient (Wildman–Crippen LogP) is 4.99. The smallest absolute Gasteiger partial charge is 0.407 e. The first-order valence-corrected chi connectivity index (χ1v) is 20.5. The molecule has 4 rings (SSSR count). The Bertz CT molecular complexity index is 1380. The first-order chi connectivity index (χ1) is 25.4. The first-order valence-electron chi connectivity index (χ1n) is 20.5. The predicted molar refractivity (Wildman–Crippen MR) is 207 cm³/mol. The lowest BCUT2D eigenvalue weighted by Gasteiger charge is -2.43. The van der Waals surface area contributed by atoms with E-state index in [1.54, 1.807) is 4.90 Å². The number of alkyl carbamates (subject to hydrolysis) is 1. The number of nitrogens with zero attached hydrogens (tertiary/aromatic N) is 1. The van der Waals surface area contributed by atoms with Crippen molar-refractivity contribution in [2.24, 2.45) is 34.0 Å². The lowest BCUT2D eigenvalue weighted by Crippen LogP contribution is -2.63. The van der Waals surface area contributed by atoms with Gasteiger partial charge in [0.05, 0.1) is 12.1 Å². The van der Waals surface area contributed by atoms with Crippen molar-refractivity contribution in [1.82, 2.24) is 31.5 Å². The summed E-state index contributed by atoms with van der Waals surface area (Å²) in [5.41, 5.74) is -1.23. The molecule has 0 bridgehead atoms. The number of ketones is 1. The third-order valence-corrected chi connectivity index (χ3v) is 12.8. The average Bonchev–Trinajstić information content (AvgIpc) is 3.43. The van der Waals surface area contributed by atoms with Crippen molar-refractivity contribution < 1.29 is 33.5 Å². The number of carbonyl (C=O) groups is 6. The molecule has 4 aliphatic rings. The minimum Gasteiger partial charge on any atom is -0.447 e. The Morgan fingerprint density at radius 2 is 1.56 bits per heavy atom. The Morgan fingerprint density at radius 3 is 2.17 bits per heavy atom. The number of likely N-dealkylation sites (tertiary alicyclic amines) is 1. The Balaban J connectivity index is 1.50. The number of carbonyl (C=O) groups excluding carboxylic acids is 6. The minimum atomic E-state index is -1.04. The van der Waals surface area contributed by atoms with Gasteiger partial charge in [-0.1, -0.05) is 99.5 Å². The molecule has 304 valence electrons. The van der Waals surface area contributed by atoms with Crippen molar-refractivity contribution in [3.63, 3.8) is 0 Å². The van der Waals surface area contributed by atoms with Crippen LogP contribution in [0, 0.1) is 34.0 Å². The van der Waals surface area contributed by atoms with E-state index < -0.39 is 64.7 Å². The fraction of sp³-hybridized carbons (Fsp3) is 0.805. The standard InChI is InChI=1S/C41H68N6O7/c1-9-17-28(32(48)35(50)42-22-10-2)44-34(49)31-30-27(40(30,6)7)24-47(31)36(51)33(41(8)20-15-12-16-21-41)46-37(52)45-29(39(3,4)5)25-54-38(53)43-23-26-18-13-11-14-19-26/h10,26-31,33H,2,9,11-25H2,1,3-8H3,(H,42,50)(H,43,53)(H,44,49)(H2,45,46,52)/t27-,28?,29+,30-,31-,33+/m0/s1. The molecule has 1 heterocycles. The van der Waals surface area contributed by atoms with Crippen LogP contribution in [-0.2, 0) is 23.9 Å². The van der Waals surface area contributed by atoms with E-state index in [1.165, 1.54) is 25.3 Å². The Hall–Kier alpha value is -3.64. The van der Waals surface area contributed by atoms with E-state index in [-0.39, 0.29) is 42.7 Å². The van der Waals surface area contributed by atoms with Crippen molar-refractivity contribution >= 4 is 35.6 Å². The van der Waals surface area contributed by atoms with Crippen molar-refractivity contribution in [2.45, 2.75) is 150 Å². The molecule has 1 saturated heterocycles. The summed E-state index contributed by atoms with van der Waals surface area (Å²) < 4.78 is 5.60. The summed E-state index contributed by atoms with van der Waals surface area (Å²) in [6.07, 6.45) is 11.9. The molecule has 54 heavy (non-hydrogen) atoms. The molecule has 6 atom stereocenters. The maximum atomic E-state index is 14.8. The molecule has 6 amide bonds. The van der Waals surface area contributed by atoms with Crippen LogP contribution in [0.1, 0.15) is 126 Å². The molecule has 0 radical (unpaired) electrons. The Labute approximate surface area is 322 Å². The van der Waals surface area contributed by atoms with Crippen LogP contribution < -0.4 is 26.6 Å². The molecular formula is C41H68N6O7. The van der Waals surface area contributed by atoms with Crippen molar-refractivity contribution in [3.05, 3.63) is 12.7 Å². The van der Waals surface area contributed by atoms with Gasteiger partial charge in [-0.2, -0.15) is 0 Å². The molecule has 0 aromatic rings. The monoisotopic (exact) mass is 757 g/mol. The lowest BCUT2D eigenvalue weighted by atomic mass is 9.70. The van der Waals surface area contributed by atoms with Crippen LogP contribution in [0.15, 0.2) is 12.7 Å². The molecular weight excluding hydrogens is 688 g/mol. The third kappa shape index (κ3) is 10.6. The second-order valence-electron chi connectivity index (χ2n) is 18.3. The van der Waals surface area contributed by atoms with Crippen LogP contribution in [-0.4, -0.2) is 90.9 Å². The zero-order valence-electron chi connectivity index (χ0n) is 33.9. The van der Waals surface area contributed by atoms with Gasteiger partial charge in [-0.25, -0.2) is 9.59 Å². The van der Waals surface area contributed by atoms with Gasteiger partial charge in [0.1, 0.15) is 18.7 Å². The SMILES string of the molecule is C=CCNC(=O)C(=O)C(CCC)NC(=O)[C@@H]1[C@@H]2[C@H](CN1C(=O)[C@@H](NC(=O)N[C@H](COC(=O)NCC1CCCCC1)C(C)(C)C)C1(C)CCCCC1)C2(C)C. The maximum Gasteiger partial charge on any atom is 0.407 e. The average molecular weight is 757 g/mol. The van der Waals surface area contributed by atoms with Gasteiger partial charge in [-0.3, -0.25) is 19.2 Å². The van der Waals surface area contributed by atoms with E-state index >= 15 is 0 Å². The lowest BCUT2D eigenvalue weighted by molar-refractivity contribution is -0.146. The van der Waals surface area contributed by atoms with Gasteiger partial charge in [0.25, 0.3) is 5.91 Å². The highest BCUT2D eigenvalue weighted by Gasteiger charge is 2.70. The van der Waals surface area contributed by atoms with Gasteiger partial charge in [0.15, 0.2) is 0 Å². The minimum absolute atomic E-state index is 0.0423. The number of hydrogen-bond donors (Lipinski definition) is 5.